The first-order valence-electron chi connectivity index (χ1n) is 8.14. The molecule has 2 atom stereocenters. The molecule has 25 heavy (non-hydrogen) atoms. The predicted octanol–water partition coefficient (Wildman–Crippen LogP) is 1.98. The van der Waals surface area contributed by atoms with E-state index in [0.717, 1.165) is 10.4 Å². The molecular weight excluding hydrogens is 380 g/mol. The van der Waals surface area contributed by atoms with E-state index < -0.39 is 21.2 Å². The van der Waals surface area contributed by atoms with Crippen LogP contribution in [-0.2, 0) is 16.4 Å². The maximum absolute atomic E-state index is 13.0. The molecule has 1 saturated heterocycles. The van der Waals surface area contributed by atoms with Crippen molar-refractivity contribution in [2.45, 2.75) is 50.8 Å². The van der Waals surface area contributed by atoms with Crippen LogP contribution in [0.3, 0.4) is 0 Å². The normalized spacial score (nSPS) is 23.0. The third-order valence-corrected chi connectivity index (χ3v) is 8.66. The molecule has 0 radical (unpaired) electrons. The summed E-state index contributed by atoms with van der Waals surface area (Å²) in [5.74, 6) is -0.0660. The molecule has 2 aromatic rings. The van der Waals surface area contributed by atoms with Gasteiger partial charge in [-0.15, -0.1) is 11.3 Å². The summed E-state index contributed by atoms with van der Waals surface area (Å²) in [4.78, 5) is 19.4. The number of rotatable bonds is 4. The lowest BCUT2D eigenvalue weighted by Gasteiger charge is -2.17. The highest BCUT2D eigenvalue weighted by Crippen LogP contribution is 2.33. The van der Waals surface area contributed by atoms with Crippen molar-refractivity contribution in [3.8, 4) is 0 Å². The van der Waals surface area contributed by atoms with E-state index in [4.69, 9.17) is 0 Å². The van der Waals surface area contributed by atoms with Gasteiger partial charge in [0.25, 0.3) is 5.56 Å². The number of nitrogens with zero attached hydrogens (tertiary/aromatic N) is 2. The second-order valence-corrected chi connectivity index (χ2v) is 11.5. The van der Waals surface area contributed by atoms with Crippen LogP contribution < -0.4 is 5.56 Å². The van der Waals surface area contributed by atoms with Gasteiger partial charge in [0.1, 0.15) is 4.83 Å². The molecule has 1 aliphatic heterocycles. The summed E-state index contributed by atoms with van der Waals surface area (Å²) in [6.45, 7) is 8.44. The SMILES string of the molecule is Cc1sc2nc(S[C@@H]3CS(=O)(=O)C[C@H]3O)n(CC(C)C)c(=O)c2c1C. The second kappa shape index (κ2) is 6.68. The fourth-order valence-electron chi connectivity index (χ4n) is 2.97. The molecule has 0 saturated carbocycles. The highest BCUT2D eigenvalue weighted by atomic mass is 32.2. The van der Waals surface area contributed by atoms with Crippen molar-refractivity contribution in [1.29, 1.82) is 0 Å². The van der Waals surface area contributed by atoms with Crippen molar-refractivity contribution < 1.29 is 13.5 Å². The standard InChI is InChI=1S/C16H22N2O4S3/c1-8(2)5-18-15(20)13-9(3)10(4)23-14(13)17-16(18)24-12-7-25(21,22)6-11(12)19/h8,11-12,19H,5-7H2,1-4H3/t11-,12-/m1/s1. The Balaban J connectivity index is 2.11. The summed E-state index contributed by atoms with van der Waals surface area (Å²) in [5.41, 5.74) is 0.869. The smallest absolute Gasteiger partial charge is 0.263 e. The van der Waals surface area contributed by atoms with Crippen molar-refractivity contribution in [2.24, 2.45) is 5.92 Å². The summed E-state index contributed by atoms with van der Waals surface area (Å²) >= 11 is 2.68. The zero-order valence-corrected chi connectivity index (χ0v) is 17.1. The van der Waals surface area contributed by atoms with Crippen molar-refractivity contribution in [3.05, 3.63) is 20.8 Å². The number of sulfone groups is 1. The van der Waals surface area contributed by atoms with E-state index in [9.17, 15) is 18.3 Å². The summed E-state index contributed by atoms with van der Waals surface area (Å²) in [5, 5.41) is 10.7. The van der Waals surface area contributed by atoms with Gasteiger partial charge in [0.2, 0.25) is 0 Å². The maximum Gasteiger partial charge on any atom is 0.263 e. The summed E-state index contributed by atoms with van der Waals surface area (Å²) in [6.07, 6.45) is -0.929. The van der Waals surface area contributed by atoms with E-state index in [0.29, 0.717) is 21.9 Å². The van der Waals surface area contributed by atoms with Crippen LogP contribution >= 0.6 is 23.1 Å². The molecular formula is C16H22N2O4S3. The van der Waals surface area contributed by atoms with Crippen LogP contribution in [0.2, 0.25) is 0 Å². The first kappa shape index (κ1) is 18.9. The van der Waals surface area contributed by atoms with Crippen LogP contribution in [0.4, 0.5) is 0 Å². The van der Waals surface area contributed by atoms with Crippen molar-refractivity contribution >= 4 is 43.2 Å². The second-order valence-electron chi connectivity index (χ2n) is 6.97. The molecule has 3 rings (SSSR count). The van der Waals surface area contributed by atoms with Gasteiger partial charge in [-0.05, 0) is 25.3 Å². The summed E-state index contributed by atoms with van der Waals surface area (Å²) in [6, 6.07) is 0. The zero-order chi connectivity index (χ0) is 18.5. The number of thiophene rings is 1. The highest BCUT2D eigenvalue weighted by Gasteiger charge is 2.38. The zero-order valence-electron chi connectivity index (χ0n) is 14.6. The van der Waals surface area contributed by atoms with Gasteiger partial charge in [-0.3, -0.25) is 9.36 Å². The van der Waals surface area contributed by atoms with Gasteiger partial charge in [0, 0.05) is 11.4 Å². The summed E-state index contributed by atoms with van der Waals surface area (Å²) < 4.78 is 25.2. The van der Waals surface area contributed by atoms with Gasteiger partial charge in [0.05, 0.1) is 28.2 Å². The molecule has 6 nitrogen and oxygen atoms in total. The number of aliphatic hydroxyl groups excluding tert-OH is 1. The van der Waals surface area contributed by atoms with Crippen molar-refractivity contribution in [2.75, 3.05) is 11.5 Å². The van der Waals surface area contributed by atoms with Gasteiger partial charge >= 0.3 is 0 Å². The molecule has 0 aliphatic carbocycles. The van der Waals surface area contributed by atoms with Gasteiger partial charge < -0.3 is 5.11 Å². The first-order valence-corrected chi connectivity index (χ1v) is 11.7. The molecule has 3 heterocycles. The molecule has 0 unspecified atom stereocenters. The van der Waals surface area contributed by atoms with E-state index in [1.165, 1.54) is 23.1 Å². The van der Waals surface area contributed by atoms with E-state index in [1.54, 1.807) is 4.57 Å². The topological polar surface area (TPSA) is 89.3 Å². The number of thioether (sulfide) groups is 1. The molecule has 0 spiro atoms. The van der Waals surface area contributed by atoms with E-state index in [1.807, 2.05) is 27.7 Å². The number of aryl methyl sites for hydroxylation is 2. The van der Waals surface area contributed by atoms with Crippen molar-refractivity contribution in [1.82, 2.24) is 9.55 Å². The third-order valence-electron chi connectivity index (χ3n) is 4.33. The Morgan fingerprint density at radius 3 is 2.60 bits per heavy atom. The van der Waals surface area contributed by atoms with Gasteiger partial charge in [-0.2, -0.15) is 0 Å². The van der Waals surface area contributed by atoms with E-state index in [2.05, 4.69) is 4.98 Å². The van der Waals surface area contributed by atoms with Crippen LogP contribution in [0.25, 0.3) is 10.2 Å². The van der Waals surface area contributed by atoms with E-state index >= 15 is 0 Å². The number of hydrogen-bond donors (Lipinski definition) is 1. The molecule has 1 N–H and O–H groups in total. The lowest BCUT2D eigenvalue weighted by Crippen LogP contribution is -2.28. The molecule has 2 aromatic heterocycles. The fourth-order valence-corrected chi connectivity index (χ4v) is 7.63. The Morgan fingerprint density at radius 1 is 1.36 bits per heavy atom. The minimum Gasteiger partial charge on any atom is -0.391 e. The third kappa shape index (κ3) is 3.65. The molecule has 9 heteroatoms. The molecule has 1 aliphatic rings. The van der Waals surface area contributed by atoms with Crippen LogP contribution in [0.1, 0.15) is 24.3 Å². The first-order chi connectivity index (χ1) is 11.6. The average molecular weight is 403 g/mol. The van der Waals surface area contributed by atoms with Crippen LogP contribution in [0.5, 0.6) is 0 Å². The number of aromatic nitrogens is 2. The molecule has 0 bridgehead atoms. The minimum absolute atomic E-state index is 0.0848. The lowest BCUT2D eigenvalue weighted by molar-refractivity contribution is 0.207. The number of aliphatic hydroxyl groups is 1. The monoisotopic (exact) mass is 402 g/mol. The quantitative estimate of drug-likeness (QED) is 0.787. The molecule has 0 amide bonds. The average Bonchev–Trinajstić information content (AvgIpc) is 2.90. The van der Waals surface area contributed by atoms with Crippen LogP contribution in [-0.4, -0.2) is 45.9 Å². The van der Waals surface area contributed by atoms with Crippen LogP contribution in [0, 0.1) is 19.8 Å². The molecule has 138 valence electrons. The number of fused-ring (bicyclic) bond motifs is 1. The number of hydrogen-bond acceptors (Lipinski definition) is 7. The van der Waals surface area contributed by atoms with Crippen molar-refractivity contribution in [3.63, 3.8) is 0 Å². The Labute approximate surface area is 155 Å². The van der Waals surface area contributed by atoms with Gasteiger partial charge in [0.15, 0.2) is 15.0 Å². The largest absolute Gasteiger partial charge is 0.391 e. The summed E-state index contributed by atoms with van der Waals surface area (Å²) in [7, 11) is -3.24. The maximum atomic E-state index is 13.0. The Bertz CT molecular complexity index is 975. The Hall–Kier alpha value is -0.900. The Kier molecular flexibility index (Phi) is 5.04. The lowest BCUT2D eigenvalue weighted by atomic mass is 10.2. The predicted molar refractivity (Wildman–Crippen MR) is 102 cm³/mol. The minimum atomic E-state index is -3.24. The van der Waals surface area contributed by atoms with Gasteiger partial charge in [-0.25, -0.2) is 13.4 Å². The van der Waals surface area contributed by atoms with Crippen LogP contribution in [0.15, 0.2) is 9.95 Å². The van der Waals surface area contributed by atoms with E-state index in [-0.39, 0.29) is 23.0 Å². The molecule has 1 fully saturated rings. The fraction of sp³-hybridized carbons (Fsp3) is 0.625. The molecule has 0 aromatic carbocycles. The van der Waals surface area contributed by atoms with Gasteiger partial charge in [-0.1, -0.05) is 25.6 Å². The highest BCUT2D eigenvalue weighted by molar-refractivity contribution is 8.01. The Morgan fingerprint density at radius 2 is 2.04 bits per heavy atom.